The molecule has 4 rings (SSSR count). The Labute approximate surface area is 207 Å². The molecule has 1 amide bonds. The van der Waals surface area contributed by atoms with Crippen LogP contribution in [-0.2, 0) is 21.2 Å². The van der Waals surface area contributed by atoms with Crippen molar-refractivity contribution in [1.29, 1.82) is 0 Å². The predicted molar refractivity (Wildman–Crippen MR) is 136 cm³/mol. The number of ether oxygens (including phenoxy) is 1. The second kappa shape index (κ2) is 10.4. The zero-order valence-electron chi connectivity index (χ0n) is 18.6. The molecule has 1 aliphatic rings. The van der Waals surface area contributed by atoms with Gasteiger partial charge in [0.2, 0.25) is 0 Å². The van der Waals surface area contributed by atoms with Gasteiger partial charge in [-0.2, -0.15) is 5.10 Å². The van der Waals surface area contributed by atoms with Gasteiger partial charge in [-0.1, -0.05) is 34.1 Å². The first-order chi connectivity index (χ1) is 16.4. The van der Waals surface area contributed by atoms with Gasteiger partial charge in [-0.05, 0) is 79.4 Å². The van der Waals surface area contributed by atoms with Crippen molar-refractivity contribution in [1.82, 2.24) is 5.43 Å². The average Bonchev–Trinajstić information content (AvgIpc) is 2.86. The van der Waals surface area contributed by atoms with Crippen molar-refractivity contribution < 1.29 is 17.9 Å². The van der Waals surface area contributed by atoms with Crippen molar-refractivity contribution in [3.05, 3.63) is 88.4 Å². The van der Waals surface area contributed by atoms with E-state index < -0.39 is 22.5 Å². The quantitative estimate of drug-likeness (QED) is 0.445. The normalized spacial score (nSPS) is 14.4. The fourth-order valence-corrected chi connectivity index (χ4v) is 5.53. The van der Waals surface area contributed by atoms with E-state index in [2.05, 4.69) is 26.5 Å². The van der Waals surface area contributed by atoms with Crippen molar-refractivity contribution in [3.63, 3.8) is 0 Å². The number of nitrogens with zero attached hydrogens (tertiary/aromatic N) is 2. The summed E-state index contributed by atoms with van der Waals surface area (Å²) in [7, 11) is -2.34. The molecule has 0 heterocycles. The van der Waals surface area contributed by atoms with Gasteiger partial charge in [0, 0.05) is 10.0 Å². The van der Waals surface area contributed by atoms with E-state index in [1.54, 1.807) is 49.6 Å². The summed E-state index contributed by atoms with van der Waals surface area (Å²) >= 11 is 3.36. The Morgan fingerprint density at radius 2 is 1.79 bits per heavy atom. The van der Waals surface area contributed by atoms with E-state index in [0.29, 0.717) is 5.69 Å². The van der Waals surface area contributed by atoms with Crippen LogP contribution in [0.15, 0.2) is 87.3 Å². The number of carbonyl (C=O) groups is 1. The summed E-state index contributed by atoms with van der Waals surface area (Å²) in [6.07, 6.45) is 2.53. The molecule has 34 heavy (non-hydrogen) atoms. The number of carbonyl (C=O) groups excluding carboxylic acids is 1. The number of rotatable bonds is 7. The molecule has 0 aliphatic heterocycles. The lowest BCUT2D eigenvalue weighted by atomic mass is 9.90. The van der Waals surface area contributed by atoms with Crippen LogP contribution in [0.5, 0.6) is 5.75 Å². The minimum Gasteiger partial charge on any atom is -0.497 e. The van der Waals surface area contributed by atoms with Crippen molar-refractivity contribution in [2.24, 2.45) is 5.10 Å². The largest absolute Gasteiger partial charge is 0.497 e. The maximum absolute atomic E-state index is 13.4. The number of hydrogen-bond donors (Lipinski definition) is 1. The average molecular weight is 542 g/mol. The number of hydrazone groups is 1. The third kappa shape index (κ3) is 5.31. The summed E-state index contributed by atoms with van der Waals surface area (Å²) in [6, 6.07) is 20.6. The fraction of sp³-hybridized carbons (Fsp3) is 0.200. The number of fused-ring (bicyclic) bond motifs is 1. The van der Waals surface area contributed by atoms with Crippen molar-refractivity contribution in [3.8, 4) is 5.75 Å². The van der Waals surface area contributed by atoms with Gasteiger partial charge < -0.3 is 4.74 Å². The standard InChI is InChI=1S/C25H24BrN3O4S/c1-33-21-14-15-23-18(16-21)6-5-9-24(23)27-28-25(30)17-29(20-12-10-19(26)11-13-20)34(31,32)22-7-3-2-4-8-22/h2-4,7-8,10-16H,5-6,9,17H2,1H3,(H,28,30)/b27-24-. The molecule has 0 spiro atoms. The lowest BCUT2D eigenvalue weighted by Gasteiger charge is -2.24. The Kier molecular flexibility index (Phi) is 7.33. The second-order valence-electron chi connectivity index (χ2n) is 7.77. The summed E-state index contributed by atoms with van der Waals surface area (Å²) in [6.45, 7) is -0.412. The van der Waals surface area contributed by atoms with Crippen LogP contribution in [0.3, 0.4) is 0 Å². The lowest BCUT2D eigenvalue weighted by Crippen LogP contribution is -2.39. The molecule has 0 atom stereocenters. The summed E-state index contributed by atoms with van der Waals surface area (Å²) in [4.78, 5) is 13.0. The molecule has 0 unspecified atom stereocenters. The number of hydrogen-bond acceptors (Lipinski definition) is 5. The molecule has 3 aromatic carbocycles. The van der Waals surface area contributed by atoms with Crippen LogP contribution in [0.25, 0.3) is 0 Å². The maximum Gasteiger partial charge on any atom is 0.264 e. The summed E-state index contributed by atoms with van der Waals surface area (Å²) < 4.78 is 33.9. The van der Waals surface area contributed by atoms with Crippen LogP contribution in [0.2, 0.25) is 0 Å². The topological polar surface area (TPSA) is 88.1 Å². The fourth-order valence-electron chi connectivity index (χ4n) is 3.82. The molecule has 0 saturated carbocycles. The van der Waals surface area contributed by atoms with Gasteiger partial charge in [0.25, 0.3) is 15.9 Å². The molecule has 1 aliphatic carbocycles. The second-order valence-corrected chi connectivity index (χ2v) is 10.5. The number of halogens is 1. The lowest BCUT2D eigenvalue weighted by molar-refractivity contribution is -0.119. The van der Waals surface area contributed by atoms with Crippen LogP contribution in [0.4, 0.5) is 5.69 Å². The Bertz CT molecular complexity index is 1310. The molecule has 1 N–H and O–H groups in total. The summed E-state index contributed by atoms with van der Waals surface area (Å²) in [5.41, 5.74) is 5.78. The van der Waals surface area contributed by atoms with E-state index in [-0.39, 0.29) is 4.90 Å². The Morgan fingerprint density at radius 1 is 1.06 bits per heavy atom. The zero-order valence-corrected chi connectivity index (χ0v) is 21.0. The minimum absolute atomic E-state index is 0.104. The molecule has 176 valence electrons. The van der Waals surface area contributed by atoms with Crippen LogP contribution >= 0.6 is 15.9 Å². The van der Waals surface area contributed by atoms with Crippen molar-refractivity contribution in [2.75, 3.05) is 18.0 Å². The van der Waals surface area contributed by atoms with Crippen LogP contribution in [0, 0.1) is 0 Å². The van der Waals surface area contributed by atoms with Gasteiger partial charge in [0.15, 0.2) is 0 Å². The highest BCUT2D eigenvalue weighted by Crippen LogP contribution is 2.27. The van der Waals surface area contributed by atoms with E-state index in [0.717, 1.165) is 50.6 Å². The SMILES string of the molecule is COc1ccc2c(c1)CCC/C2=N/NC(=O)CN(c1ccc(Br)cc1)S(=O)(=O)c1ccccc1. The molecule has 0 bridgehead atoms. The summed E-state index contributed by atoms with van der Waals surface area (Å²) in [5, 5.41) is 4.34. The Morgan fingerprint density at radius 3 is 2.50 bits per heavy atom. The predicted octanol–water partition coefficient (Wildman–Crippen LogP) is 4.51. The molecule has 0 radical (unpaired) electrons. The molecule has 0 saturated heterocycles. The highest BCUT2D eigenvalue weighted by atomic mass is 79.9. The van der Waals surface area contributed by atoms with Gasteiger partial charge in [-0.25, -0.2) is 13.8 Å². The van der Waals surface area contributed by atoms with Crippen LogP contribution < -0.4 is 14.5 Å². The molecule has 0 fully saturated rings. The number of aryl methyl sites for hydroxylation is 1. The van der Waals surface area contributed by atoms with Crippen LogP contribution in [0.1, 0.15) is 24.0 Å². The monoisotopic (exact) mass is 541 g/mol. The molecule has 0 aromatic heterocycles. The zero-order chi connectivity index (χ0) is 24.1. The molecule has 7 nitrogen and oxygen atoms in total. The third-order valence-electron chi connectivity index (χ3n) is 5.53. The number of amides is 1. The van der Waals surface area contributed by atoms with Crippen molar-refractivity contribution >= 4 is 43.3 Å². The summed E-state index contributed by atoms with van der Waals surface area (Å²) in [5.74, 6) is 0.246. The minimum atomic E-state index is -3.97. The van der Waals surface area contributed by atoms with E-state index >= 15 is 0 Å². The smallest absolute Gasteiger partial charge is 0.264 e. The Balaban J connectivity index is 1.58. The number of nitrogens with one attached hydrogen (secondary N) is 1. The number of benzene rings is 3. The molecule has 9 heteroatoms. The molecular weight excluding hydrogens is 518 g/mol. The molecule has 3 aromatic rings. The van der Waals surface area contributed by atoms with Crippen LogP contribution in [-0.4, -0.2) is 33.7 Å². The first-order valence-corrected chi connectivity index (χ1v) is 13.0. The van der Waals surface area contributed by atoms with E-state index in [1.165, 1.54) is 12.1 Å². The Hall–Kier alpha value is -3.17. The third-order valence-corrected chi connectivity index (χ3v) is 7.85. The first-order valence-electron chi connectivity index (χ1n) is 10.7. The van der Waals surface area contributed by atoms with E-state index in [4.69, 9.17) is 4.74 Å². The number of sulfonamides is 1. The van der Waals surface area contributed by atoms with Gasteiger partial charge in [0.05, 0.1) is 23.4 Å². The maximum atomic E-state index is 13.4. The van der Waals surface area contributed by atoms with Gasteiger partial charge in [-0.3, -0.25) is 9.10 Å². The highest BCUT2D eigenvalue weighted by molar-refractivity contribution is 9.10. The van der Waals surface area contributed by atoms with E-state index in [9.17, 15) is 13.2 Å². The van der Waals surface area contributed by atoms with E-state index in [1.807, 2.05) is 18.2 Å². The number of methoxy groups -OCH3 is 1. The van der Waals surface area contributed by atoms with Gasteiger partial charge >= 0.3 is 0 Å². The number of anilines is 1. The van der Waals surface area contributed by atoms with Gasteiger partial charge in [-0.15, -0.1) is 0 Å². The highest BCUT2D eigenvalue weighted by Gasteiger charge is 2.27. The van der Waals surface area contributed by atoms with Gasteiger partial charge in [0.1, 0.15) is 12.3 Å². The van der Waals surface area contributed by atoms with Crippen molar-refractivity contribution in [2.45, 2.75) is 24.2 Å². The molecular formula is C25H24BrN3O4S. The first kappa shape index (κ1) is 24.0.